The van der Waals surface area contributed by atoms with Crippen molar-refractivity contribution in [2.75, 3.05) is 13.1 Å². The molecule has 6 nitrogen and oxygen atoms in total. The minimum absolute atomic E-state index is 0.00407. The molecule has 0 aromatic carbocycles. The molecule has 6 heteroatoms. The molecule has 2 aromatic heterocycles. The summed E-state index contributed by atoms with van der Waals surface area (Å²) >= 11 is 0. The Kier molecular flexibility index (Phi) is 3.40. The van der Waals surface area contributed by atoms with Gasteiger partial charge in [0.1, 0.15) is 0 Å². The van der Waals surface area contributed by atoms with Crippen LogP contribution in [0.5, 0.6) is 0 Å². The van der Waals surface area contributed by atoms with Gasteiger partial charge < -0.3 is 15.2 Å². The lowest BCUT2D eigenvalue weighted by Gasteiger charge is -2.23. The molecule has 106 valence electrons. The molecule has 1 saturated heterocycles. The summed E-state index contributed by atoms with van der Waals surface area (Å²) in [7, 11) is 0. The third kappa shape index (κ3) is 2.06. The normalized spacial score (nSPS) is 18.9. The van der Waals surface area contributed by atoms with Gasteiger partial charge in [0, 0.05) is 25.3 Å². The molecule has 0 spiro atoms. The number of hydrogen-bond donors (Lipinski definition) is 1. The maximum Gasteiger partial charge on any atom is 0.257 e. The third-order valence-corrected chi connectivity index (χ3v) is 3.90. The molecule has 2 N–H and O–H groups in total. The highest BCUT2D eigenvalue weighted by Gasteiger charge is 2.28. The molecular formula is C14H18N4O2. The molecule has 1 unspecified atom stereocenters. The Morgan fingerprint density at radius 3 is 3.20 bits per heavy atom. The molecule has 1 aliphatic heterocycles. The van der Waals surface area contributed by atoms with E-state index in [4.69, 9.17) is 10.3 Å². The second kappa shape index (κ2) is 5.20. The van der Waals surface area contributed by atoms with Gasteiger partial charge in [0.2, 0.25) is 0 Å². The Morgan fingerprint density at radius 1 is 1.60 bits per heavy atom. The first-order valence-corrected chi connectivity index (χ1v) is 7.00. The third-order valence-electron chi connectivity index (χ3n) is 3.90. The molecule has 1 atom stereocenters. The van der Waals surface area contributed by atoms with Crippen LogP contribution in [-0.2, 0) is 6.42 Å². The number of fused-ring (bicyclic) bond motifs is 1. The summed E-state index contributed by atoms with van der Waals surface area (Å²) in [5, 5.41) is 4.78. The zero-order valence-electron chi connectivity index (χ0n) is 11.5. The van der Waals surface area contributed by atoms with Crippen molar-refractivity contribution >= 4 is 17.0 Å². The number of carbonyl (C=O) groups is 1. The van der Waals surface area contributed by atoms with Crippen LogP contribution in [0.25, 0.3) is 11.1 Å². The first-order chi connectivity index (χ1) is 9.74. The van der Waals surface area contributed by atoms with Crippen molar-refractivity contribution in [2.45, 2.75) is 32.2 Å². The van der Waals surface area contributed by atoms with E-state index in [-0.39, 0.29) is 11.9 Å². The average Bonchev–Trinajstić information content (AvgIpc) is 3.11. The van der Waals surface area contributed by atoms with Gasteiger partial charge in [-0.1, -0.05) is 12.1 Å². The van der Waals surface area contributed by atoms with Crippen molar-refractivity contribution in [3.05, 3.63) is 23.5 Å². The van der Waals surface area contributed by atoms with Gasteiger partial charge in [-0.25, -0.2) is 4.98 Å². The van der Waals surface area contributed by atoms with E-state index < -0.39 is 0 Å². The minimum atomic E-state index is -0.00407. The van der Waals surface area contributed by atoms with Gasteiger partial charge in [0.25, 0.3) is 11.6 Å². The Morgan fingerprint density at radius 2 is 2.45 bits per heavy atom. The maximum absolute atomic E-state index is 12.6. The highest BCUT2D eigenvalue weighted by molar-refractivity contribution is 5.97. The van der Waals surface area contributed by atoms with Crippen LogP contribution in [0.4, 0.5) is 0 Å². The van der Waals surface area contributed by atoms with E-state index in [9.17, 15) is 4.79 Å². The Bertz CT molecular complexity index is 637. The van der Waals surface area contributed by atoms with E-state index in [1.165, 1.54) is 0 Å². The predicted molar refractivity (Wildman–Crippen MR) is 74.3 cm³/mol. The number of nitrogens with two attached hydrogens (primary N) is 1. The molecule has 1 aliphatic rings. The van der Waals surface area contributed by atoms with Crippen molar-refractivity contribution in [1.29, 1.82) is 0 Å². The van der Waals surface area contributed by atoms with E-state index in [2.05, 4.69) is 10.1 Å². The standard InChI is InChI=1S/C14H18N4O2/c1-2-12-11-6-9(8-16-13(11)20-17-12)14(19)18-5-3-4-10(18)7-15/h6,8,10H,2-5,7,15H2,1H3. The Labute approximate surface area is 116 Å². The second-order valence-corrected chi connectivity index (χ2v) is 5.09. The van der Waals surface area contributed by atoms with Crippen molar-refractivity contribution in [3.8, 4) is 0 Å². The van der Waals surface area contributed by atoms with Crippen LogP contribution < -0.4 is 5.73 Å². The molecule has 0 aliphatic carbocycles. The number of hydrogen-bond acceptors (Lipinski definition) is 5. The van der Waals surface area contributed by atoms with Crippen molar-refractivity contribution in [1.82, 2.24) is 15.0 Å². The lowest BCUT2D eigenvalue weighted by Crippen LogP contribution is -2.39. The molecule has 20 heavy (non-hydrogen) atoms. The van der Waals surface area contributed by atoms with Gasteiger partial charge in [-0.2, -0.15) is 0 Å². The van der Waals surface area contributed by atoms with Crippen molar-refractivity contribution in [3.63, 3.8) is 0 Å². The molecule has 0 bridgehead atoms. The quantitative estimate of drug-likeness (QED) is 0.913. The molecule has 2 aromatic rings. The molecule has 3 rings (SSSR count). The van der Waals surface area contributed by atoms with Gasteiger partial charge in [-0.15, -0.1) is 0 Å². The van der Waals surface area contributed by atoms with Crippen LogP contribution in [0.3, 0.4) is 0 Å². The van der Waals surface area contributed by atoms with Gasteiger partial charge >= 0.3 is 0 Å². The lowest BCUT2D eigenvalue weighted by molar-refractivity contribution is 0.0741. The first-order valence-electron chi connectivity index (χ1n) is 7.00. The number of aromatic nitrogens is 2. The summed E-state index contributed by atoms with van der Waals surface area (Å²) in [6, 6.07) is 1.97. The highest BCUT2D eigenvalue weighted by Crippen LogP contribution is 2.22. The van der Waals surface area contributed by atoms with Crippen LogP contribution in [0.2, 0.25) is 0 Å². The molecular weight excluding hydrogens is 256 g/mol. The van der Waals surface area contributed by atoms with Crippen LogP contribution in [0.15, 0.2) is 16.8 Å². The fourth-order valence-corrected chi connectivity index (χ4v) is 2.77. The zero-order valence-corrected chi connectivity index (χ0v) is 11.5. The van der Waals surface area contributed by atoms with Gasteiger partial charge in [-0.3, -0.25) is 4.79 Å². The summed E-state index contributed by atoms with van der Waals surface area (Å²) < 4.78 is 5.14. The summed E-state index contributed by atoms with van der Waals surface area (Å²) in [6.45, 7) is 3.27. The van der Waals surface area contributed by atoms with Gasteiger partial charge in [0.15, 0.2) is 0 Å². The number of nitrogens with zero attached hydrogens (tertiary/aromatic N) is 3. The average molecular weight is 274 g/mol. The minimum Gasteiger partial charge on any atom is -0.336 e. The predicted octanol–water partition coefficient (Wildman–Crippen LogP) is 1.35. The van der Waals surface area contributed by atoms with Crippen LogP contribution in [0, 0.1) is 0 Å². The van der Waals surface area contributed by atoms with Crippen molar-refractivity contribution < 1.29 is 9.32 Å². The van der Waals surface area contributed by atoms with E-state index in [0.717, 1.165) is 36.9 Å². The van der Waals surface area contributed by atoms with E-state index >= 15 is 0 Å². The van der Waals surface area contributed by atoms with Crippen molar-refractivity contribution in [2.24, 2.45) is 5.73 Å². The number of amides is 1. The lowest BCUT2D eigenvalue weighted by atomic mass is 10.1. The zero-order chi connectivity index (χ0) is 14.1. The second-order valence-electron chi connectivity index (χ2n) is 5.09. The Hall–Kier alpha value is -1.95. The molecule has 3 heterocycles. The smallest absolute Gasteiger partial charge is 0.257 e. The van der Waals surface area contributed by atoms with Crippen LogP contribution in [0.1, 0.15) is 35.8 Å². The van der Waals surface area contributed by atoms with E-state index in [1.54, 1.807) is 6.20 Å². The molecule has 1 amide bonds. The summed E-state index contributed by atoms with van der Waals surface area (Å²) in [5.74, 6) is -0.00407. The van der Waals surface area contributed by atoms with Crippen LogP contribution in [-0.4, -0.2) is 40.1 Å². The number of carbonyl (C=O) groups excluding carboxylic acids is 1. The van der Waals surface area contributed by atoms with Crippen LogP contribution >= 0.6 is 0 Å². The summed E-state index contributed by atoms with van der Waals surface area (Å²) in [6.07, 6.45) is 4.30. The molecule has 1 fully saturated rings. The SMILES string of the molecule is CCc1noc2ncc(C(=O)N3CCCC3CN)cc12. The van der Waals surface area contributed by atoms with E-state index in [1.807, 2.05) is 17.9 Å². The fraction of sp³-hybridized carbons (Fsp3) is 0.500. The monoisotopic (exact) mass is 274 g/mol. The number of aryl methyl sites for hydroxylation is 1. The first kappa shape index (κ1) is 13.1. The number of pyridine rings is 1. The number of rotatable bonds is 3. The number of likely N-dealkylation sites (tertiary alicyclic amines) is 1. The summed E-state index contributed by atoms with van der Waals surface area (Å²) in [4.78, 5) is 18.6. The summed E-state index contributed by atoms with van der Waals surface area (Å²) in [5.41, 5.74) is 7.62. The highest BCUT2D eigenvalue weighted by atomic mass is 16.5. The fourth-order valence-electron chi connectivity index (χ4n) is 2.77. The van der Waals surface area contributed by atoms with Gasteiger partial charge in [-0.05, 0) is 25.3 Å². The largest absolute Gasteiger partial charge is 0.336 e. The molecule has 0 saturated carbocycles. The Balaban J connectivity index is 1.95. The van der Waals surface area contributed by atoms with Gasteiger partial charge in [0.05, 0.1) is 16.6 Å². The topological polar surface area (TPSA) is 85.2 Å². The van der Waals surface area contributed by atoms with E-state index in [0.29, 0.717) is 17.8 Å². The molecule has 0 radical (unpaired) electrons. The maximum atomic E-state index is 12.6.